The van der Waals surface area contributed by atoms with Gasteiger partial charge in [0.2, 0.25) is 0 Å². The molecular weight excluding hydrogens is 362 g/mol. The summed E-state index contributed by atoms with van der Waals surface area (Å²) in [7, 11) is 0. The molecule has 0 radical (unpaired) electrons. The summed E-state index contributed by atoms with van der Waals surface area (Å²) in [6.45, 7) is 1.99. The van der Waals surface area contributed by atoms with Crippen molar-refractivity contribution in [3.63, 3.8) is 0 Å². The standard InChI is InChI=1S/C19H15F4N3O/c1-12-2-4-13(5-3-12)10-24-18(27)16-11-25-26(17(16)19(21,22)23)15-8-6-14(20)7-9-15/h2-9,11H,10H2,1H3,(H,24,27). The van der Waals surface area contributed by atoms with Crippen LogP contribution in [0.25, 0.3) is 5.69 Å². The first-order valence-corrected chi connectivity index (χ1v) is 8.00. The minimum absolute atomic E-state index is 0.00121. The fourth-order valence-corrected chi connectivity index (χ4v) is 2.55. The minimum atomic E-state index is -4.82. The molecule has 140 valence electrons. The molecule has 8 heteroatoms. The Morgan fingerprint density at radius 2 is 1.70 bits per heavy atom. The molecular formula is C19H15F4N3O. The molecule has 1 N–H and O–H groups in total. The highest BCUT2D eigenvalue weighted by Crippen LogP contribution is 2.33. The van der Waals surface area contributed by atoms with Crippen LogP contribution in [0, 0.1) is 12.7 Å². The van der Waals surface area contributed by atoms with Crippen molar-refractivity contribution >= 4 is 5.91 Å². The van der Waals surface area contributed by atoms with Crippen molar-refractivity contribution in [2.45, 2.75) is 19.6 Å². The summed E-state index contributed by atoms with van der Waals surface area (Å²) in [6, 6.07) is 11.6. The smallest absolute Gasteiger partial charge is 0.348 e. The van der Waals surface area contributed by atoms with E-state index in [0.717, 1.165) is 41.6 Å². The van der Waals surface area contributed by atoms with E-state index in [1.807, 2.05) is 19.1 Å². The molecule has 0 bridgehead atoms. The van der Waals surface area contributed by atoms with Gasteiger partial charge in [-0.15, -0.1) is 0 Å². The third-order valence-corrected chi connectivity index (χ3v) is 3.93. The zero-order valence-electron chi connectivity index (χ0n) is 14.2. The monoisotopic (exact) mass is 377 g/mol. The zero-order valence-corrected chi connectivity index (χ0v) is 14.2. The van der Waals surface area contributed by atoms with Crippen LogP contribution in [-0.4, -0.2) is 15.7 Å². The van der Waals surface area contributed by atoms with Crippen molar-refractivity contribution in [1.29, 1.82) is 0 Å². The van der Waals surface area contributed by atoms with E-state index in [1.165, 1.54) is 0 Å². The maximum atomic E-state index is 13.6. The van der Waals surface area contributed by atoms with Gasteiger partial charge in [0.1, 0.15) is 5.82 Å². The lowest BCUT2D eigenvalue weighted by Crippen LogP contribution is -2.26. The van der Waals surface area contributed by atoms with Crippen LogP contribution in [0.2, 0.25) is 0 Å². The van der Waals surface area contributed by atoms with E-state index in [0.29, 0.717) is 4.68 Å². The maximum Gasteiger partial charge on any atom is 0.434 e. The number of aryl methyl sites for hydroxylation is 1. The maximum absolute atomic E-state index is 13.6. The van der Waals surface area contributed by atoms with Crippen LogP contribution in [0.1, 0.15) is 27.2 Å². The number of aromatic nitrogens is 2. The Hall–Kier alpha value is -3.16. The first kappa shape index (κ1) is 18.6. The van der Waals surface area contributed by atoms with Gasteiger partial charge in [0.05, 0.1) is 17.4 Å². The van der Waals surface area contributed by atoms with Crippen molar-refractivity contribution in [2.24, 2.45) is 0 Å². The Kier molecular flexibility index (Phi) is 4.98. The number of hydrogen-bond acceptors (Lipinski definition) is 2. The van der Waals surface area contributed by atoms with Gasteiger partial charge in [-0.05, 0) is 36.8 Å². The fourth-order valence-electron chi connectivity index (χ4n) is 2.55. The summed E-state index contributed by atoms with van der Waals surface area (Å²) in [5.74, 6) is -1.48. The van der Waals surface area contributed by atoms with Crippen LogP contribution < -0.4 is 5.32 Å². The van der Waals surface area contributed by atoms with Gasteiger partial charge in [-0.1, -0.05) is 29.8 Å². The number of carbonyl (C=O) groups excluding carboxylic acids is 1. The van der Waals surface area contributed by atoms with E-state index in [-0.39, 0.29) is 12.2 Å². The molecule has 1 heterocycles. The van der Waals surface area contributed by atoms with Crippen LogP contribution in [0.5, 0.6) is 0 Å². The molecule has 0 spiro atoms. The minimum Gasteiger partial charge on any atom is -0.348 e. The topological polar surface area (TPSA) is 46.9 Å². The third-order valence-electron chi connectivity index (χ3n) is 3.93. The van der Waals surface area contributed by atoms with E-state index < -0.39 is 29.2 Å². The first-order chi connectivity index (χ1) is 12.8. The predicted molar refractivity (Wildman–Crippen MR) is 90.9 cm³/mol. The number of halogens is 4. The fraction of sp³-hybridized carbons (Fsp3) is 0.158. The van der Waals surface area contributed by atoms with Gasteiger partial charge in [0, 0.05) is 6.54 Å². The molecule has 0 unspecified atom stereocenters. The number of benzene rings is 2. The van der Waals surface area contributed by atoms with E-state index in [1.54, 1.807) is 12.1 Å². The summed E-state index contributed by atoms with van der Waals surface area (Å²) in [4.78, 5) is 12.3. The molecule has 0 saturated carbocycles. The molecule has 0 aliphatic carbocycles. The Morgan fingerprint density at radius 3 is 2.30 bits per heavy atom. The molecule has 4 nitrogen and oxygen atoms in total. The lowest BCUT2D eigenvalue weighted by molar-refractivity contribution is -0.143. The molecule has 0 saturated heterocycles. The highest BCUT2D eigenvalue weighted by Gasteiger charge is 2.40. The van der Waals surface area contributed by atoms with Crippen LogP contribution in [0.15, 0.2) is 54.7 Å². The molecule has 1 aromatic heterocycles. The van der Waals surface area contributed by atoms with Crippen LogP contribution in [-0.2, 0) is 12.7 Å². The molecule has 0 aliphatic rings. The average molecular weight is 377 g/mol. The van der Waals surface area contributed by atoms with Crippen molar-refractivity contribution in [3.05, 3.63) is 82.9 Å². The van der Waals surface area contributed by atoms with Gasteiger partial charge in [-0.2, -0.15) is 18.3 Å². The lowest BCUT2D eigenvalue weighted by atomic mass is 10.1. The van der Waals surface area contributed by atoms with Crippen molar-refractivity contribution in [3.8, 4) is 5.69 Å². The Bertz CT molecular complexity index is 945. The Morgan fingerprint density at radius 1 is 1.07 bits per heavy atom. The summed E-state index contributed by atoms with van der Waals surface area (Å²) in [5.41, 5.74) is -0.0193. The molecule has 1 amide bonds. The normalized spacial score (nSPS) is 11.4. The Balaban J connectivity index is 1.89. The Labute approximate surface area is 152 Å². The molecule has 27 heavy (non-hydrogen) atoms. The van der Waals surface area contributed by atoms with Crippen LogP contribution in [0.4, 0.5) is 17.6 Å². The van der Waals surface area contributed by atoms with Crippen molar-refractivity contribution in [2.75, 3.05) is 0 Å². The number of alkyl halides is 3. The quantitative estimate of drug-likeness (QED) is 0.691. The summed E-state index contributed by atoms with van der Waals surface area (Å²) < 4.78 is 54.3. The second-order valence-electron chi connectivity index (χ2n) is 5.96. The third kappa shape index (κ3) is 4.16. The summed E-state index contributed by atoms with van der Waals surface area (Å²) in [5, 5.41) is 6.15. The molecule has 3 rings (SSSR count). The van der Waals surface area contributed by atoms with Gasteiger partial charge in [0.25, 0.3) is 5.91 Å². The highest BCUT2D eigenvalue weighted by atomic mass is 19.4. The number of nitrogens with zero attached hydrogens (tertiary/aromatic N) is 2. The van der Waals surface area contributed by atoms with Gasteiger partial charge in [-0.25, -0.2) is 9.07 Å². The SMILES string of the molecule is Cc1ccc(CNC(=O)c2cnn(-c3ccc(F)cc3)c2C(F)(F)F)cc1. The van der Waals surface area contributed by atoms with Crippen molar-refractivity contribution in [1.82, 2.24) is 15.1 Å². The highest BCUT2D eigenvalue weighted by molar-refractivity contribution is 5.95. The van der Waals surface area contributed by atoms with E-state index in [2.05, 4.69) is 10.4 Å². The van der Waals surface area contributed by atoms with Gasteiger partial charge >= 0.3 is 6.18 Å². The molecule has 0 aliphatic heterocycles. The second-order valence-corrected chi connectivity index (χ2v) is 5.96. The lowest BCUT2D eigenvalue weighted by Gasteiger charge is -2.13. The molecule has 2 aromatic carbocycles. The van der Waals surface area contributed by atoms with Crippen LogP contribution >= 0.6 is 0 Å². The molecule has 0 fully saturated rings. The summed E-state index contributed by atoms with van der Waals surface area (Å²) >= 11 is 0. The molecule has 3 aromatic rings. The van der Waals surface area contributed by atoms with E-state index in [9.17, 15) is 22.4 Å². The van der Waals surface area contributed by atoms with Crippen molar-refractivity contribution < 1.29 is 22.4 Å². The molecule has 0 atom stereocenters. The van der Waals surface area contributed by atoms with Gasteiger partial charge in [0.15, 0.2) is 5.69 Å². The average Bonchev–Trinajstić information content (AvgIpc) is 3.07. The van der Waals surface area contributed by atoms with E-state index >= 15 is 0 Å². The second kappa shape index (κ2) is 7.22. The summed E-state index contributed by atoms with van der Waals surface area (Å²) in [6.07, 6.45) is -3.96. The number of carbonyl (C=O) groups is 1. The predicted octanol–water partition coefficient (Wildman–Crippen LogP) is 4.27. The zero-order chi connectivity index (χ0) is 19.6. The number of rotatable bonds is 4. The largest absolute Gasteiger partial charge is 0.434 e. The van der Waals surface area contributed by atoms with E-state index in [4.69, 9.17) is 0 Å². The van der Waals surface area contributed by atoms with Crippen LogP contribution in [0.3, 0.4) is 0 Å². The van der Waals surface area contributed by atoms with Gasteiger partial charge < -0.3 is 5.32 Å². The van der Waals surface area contributed by atoms with Gasteiger partial charge in [-0.3, -0.25) is 4.79 Å². The number of amides is 1. The number of nitrogens with one attached hydrogen (secondary N) is 1. The number of hydrogen-bond donors (Lipinski definition) is 1. The first-order valence-electron chi connectivity index (χ1n) is 8.00.